The van der Waals surface area contributed by atoms with E-state index in [2.05, 4.69) is 35.1 Å². The van der Waals surface area contributed by atoms with Crippen LogP contribution >= 0.6 is 0 Å². The molecule has 3 N–H and O–H groups in total. The molecule has 3 nitrogen and oxygen atoms in total. The number of nitrogens with two attached hydrogens (primary N) is 1. The minimum atomic E-state index is 0.357. The van der Waals surface area contributed by atoms with Crippen LogP contribution in [0.4, 0.5) is 5.69 Å². The van der Waals surface area contributed by atoms with E-state index in [0.717, 1.165) is 29.0 Å². The average molecular weight is 251 g/mol. The summed E-state index contributed by atoms with van der Waals surface area (Å²) in [5.74, 6) is 1.40. The Morgan fingerprint density at radius 2 is 1.84 bits per heavy atom. The molecule has 0 fully saturated rings. The van der Waals surface area contributed by atoms with Crippen molar-refractivity contribution in [1.82, 2.24) is 9.97 Å². The first kappa shape index (κ1) is 11.8. The number of fused-ring (bicyclic) bond motifs is 1. The van der Waals surface area contributed by atoms with Gasteiger partial charge in [-0.15, -0.1) is 0 Å². The van der Waals surface area contributed by atoms with Crippen molar-refractivity contribution in [3.63, 3.8) is 0 Å². The SMILES string of the molecule is CC(Cc1ccc(N)cc1)c1nc2ccccc2[nH]1. The third-order valence-corrected chi connectivity index (χ3v) is 3.40. The highest BCUT2D eigenvalue weighted by molar-refractivity contribution is 5.74. The summed E-state index contributed by atoms with van der Waals surface area (Å²) >= 11 is 0. The van der Waals surface area contributed by atoms with Crippen LogP contribution in [0.1, 0.15) is 24.2 Å². The average Bonchev–Trinajstić information content (AvgIpc) is 2.85. The largest absolute Gasteiger partial charge is 0.399 e. The zero-order valence-corrected chi connectivity index (χ0v) is 10.9. The Hall–Kier alpha value is -2.29. The number of nitrogen functional groups attached to an aromatic ring is 1. The van der Waals surface area contributed by atoms with Crippen LogP contribution in [-0.4, -0.2) is 9.97 Å². The highest BCUT2D eigenvalue weighted by Gasteiger charge is 2.11. The van der Waals surface area contributed by atoms with Gasteiger partial charge in [0.25, 0.3) is 0 Å². The maximum absolute atomic E-state index is 5.70. The van der Waals surface area contributed by atoms with Gasteiger partial charge in [-0.25, -0.2) is 4.98 Å². The normalized spacial score (nSPS) is 12.7. The Morgan fingerprint density at radius 1 is 1.11 bits per heavy atom. The molecule has 0 bridgehead atoms. The molecule has 1 unspecified atom stereocenters. The lowest BCUT2D eigenvalue weighted by Gasteiger charge is -2.08. The predicted octanol–water partition coefficient (Wildman–Crippen LogP) is 3.49. The lowest BCUT2D eigenvalue weighted by Crippen LogP contribution is -2.00. The number of nitrogens with one attached hydrogen (secondary N) is 1. The second-order valence-electron chi connectivity index (χ2n) is 4.99. The quantitative estimate of drug-likeness (QED) is 0.700. The van der Waals surface area contributed by atoms with E-state index in [1.165, 1.54) is 5.56 Å². The van der Waals surface area contributed by atoms with Gasteiger partial charge in [-0.2, -0.15) is 0 Å². The number of para-hydroxylation sites is 2. The van der Waals surface area contributed by atoms with Gasteiger partial charge in [0.1, 0.15) is 5.82 Å². The molecule has 0 spiro atoms. The van der Waals surface area contributed by atoms with Gasteiger partial charge < -0.3 is 10.7 Å². The molecule has 2 aromatic carbocycles. The first-order chi connectivity index (χ1) is 9.22. The summed E-state index contributed by atoms with van der Waals surface area (Å²) < 4.78 is 0. The molecule has 19 heavy (non-hydrogen) atoms. The topological polar surface area (TPSA) is 54.7 Å². The van der Waals surface area contributed by atoms with Crippen molar-refractivity contribution in [2.45, 2.75) is 19.3 Å². The van der Waals surface area contributed by atoms with Crippen molar-refractivity contribution in [2.24, 2.45) is 0 Å². The predicted molar refractivity (Wildman–Crippen MR) is 79.1 cm³/mol. The van der Waals surface area contributed by atoms with E-state index in [0.29, 0.717) is 5.92 Å². The summed E-state index contributed by atoms with van der Waals surface area (Å²) in [4.78, 5) is 8.04. The summed E-state index contributed by atoms with van der Waals surface area (Å²) in [6, 6.07) is 16.2. The fraction of sp³-hybridized carbons (Fsp3) is 0.188. The van der Waals surface area contributed by atoms with Crippen LogP contribution in [0.25, 0.3) is 11.0 Å². The van der Waals surface area contributed by atoms with E-state index < -0.39 is 0 Å². The van der Waals surface area contributed by atoms with Crippen LogP contribution in [0.15, 0.2) is 48.5 Å². The third-order valence-electron chi connectivity index (χ3n) is 3.40. The number of imidazole rings is 1. The Balaban J connectivity index is 1.83. The Bertz CT molecular complexity index is 650. The number of hydrogen-bond donors (Lipinski definition) is 2. The lowest BCUT2D eigenvalue weighted by atomic mass is 10.0. The summed E-state index contributed by atoms with van der Waals surface area (Å²) in [6.45, 7) is 2.19. The number of nitrogens with zero attached hydrogens (tertiary/aromatic N) is 1. The van der Waals surface area contributed by atoms with Crippen molar-refractivity contribution in [3.8, 4) is 0 Å². The molecule has 3 rings (SSSR count). The van der Waals surface area contributed by atoms with Gasteiger partial charge in [0, 0.05) is 11.6 Å². The summed E-state index contributed by atoms with van der Waals surface area (Å²) in [6.07, 6.45) is 0.958. The van der Waals surface area contributed by atoms with Gasteiger partial charge in [0.15, 0.2) is 0 Å². The van der Waals surface area contributed by atoms with Gasteiger partial charge >= 0.3 is 0 Å². The molecule has 1 aromatic heterocycles. The molecule has 0 radical (unpaired) electrons. The maximum Gasteiger partial charge on any atom is 0.110 e. The number of benzene rings is 2. The van der Waals surface area contributed by atoms with Crippen LogP contribution < -0.4 is 5.73 Å². The summed E-state index contributed by atoms with van der Waals surface area (Å²) in [7, 11) is 0. The molecule has 3 heteroatoms. The van der Waals surface area contributed by atoms with E-state index >= 15 is 0 Å². The summed E-state index contributed by atoms with van der Waals surface area (Å²) in [5.41, 5.74) is 9.91. The fourth-order valence-corrected chi connectivity index (χ4v) is 2.31. The number of anilines is 1. The Labute approximate surface area is 112 Å². The summed E-state index contributed by atoms with van der Waals surface area (Å²) in [5, 5.41) is 0. The zero-order valence-electron chi connectivity index (χ0n) is 10.9. The van der Waals surface area contributed by atoms with Crippen LogP contribution in [0.2, 0.25) is 0 Å². The van der Waals surface area contributed by atoms with Crippen LogP contribution in [0.3, 0.4) is 0 Å². The standard InChI is InChI=1S/C16H17N3/c1-11(10-12-6-8-13(17)9-7-12)16-18-14-4-2-3-5-15(14)19-16/h2-9,11H,10,17H2,1H3,(H,18,19). The number of aromatic nitrogens is 2. The molecular weight excluding hydrogens is 234 g/mol. The Kier molecular flexibility index (Phi) is 2.95. The van der Waals surface area contributed by atoms with Gasteiger partial charge in [0.05, 0.1) is 11.0 Å². The lowest BCUT2D eigenvalue weighted by molar-refractivity contribution is 0.713. The Morgan fingerprint density at radius 3 is 2.58 bits per heavy atom. The van der Waals surface area contributed by atoms with Crippen molar-refractivity contribution >= 4 is 16.7 Å². The van der Waals surface area contributed by atoms with E-state index in [1.807, 2.05) is 30.3 Å². The molecule has 0 amide bonds. The molecule has 0 aliphatic heterocycles. The molecule has 1 atom stereocenters. The molecule has 1 heterocycles. The number of rotatable bonds is 3. The van der Waals surface area contributed by atoms with Gasteiger partial charge in [0.2, 0.25) is 0 Å². The monoisotopic (exact) mass is 251 g/mol. The number of hydrogen-bond acceptors (Lipinski definition) is 2. The minimum Gasteiger partial charge on any atom is -0.399 e. The van der Waals surface area contributed by atoms with Crippen LogP contribution in [0, 0.1) is 0 Å². The van der Waals surface area contributed by atoms with Crippen LogP contribution in [0.5, 0.6) is 0 Å². The van der Waals surface area contributed by atoms with E-state index in [4.69, 9.17) is 5.73 Å². The highest BCUT2D eigenvalue weighted by atomic mass is 14.9. The fourth-order valence-electron chi connectivity index (χ4n) is 2.31. The first-order valence-corrected chi connectivity index (χ1v) is 6.51. The molecule has 0 saturated heterocycles. The molecular formula is C16H17N3. The second-order valence-corrected chi connectivity index (χ2v) is 4.99. The molecule has 0 aliphatic rings. The molecule has 0 aliphatic carbocycles. The van der Waals surface area contributed by atoms with Gasteiger partial charge in [-0.3, -0.25) is 0 Å². The van der Waals surface area contributed by atoms with Crippen molar-refractivity contribution in [2.75, 3.05) is 5.73 Å². The minimum absolute atomic E-state index is 0.357. The molecule has 96 valence electrons. The van der Waals surface area contributed by atoms with Crippen molar-refractivity contribution in [3.05, 3.63) is 59.9 Å². The first-order valence-electron chi connectivity index (χ1n) is 6.51. The second kappa shape index (κ2) is 4.76. The van der Waals surface area contributed by atoms with Crippen molar-refractivity contribution < 1.29 is 0 Å². The van der Waals surface area contributed by atoms with E-state index in [-0.39, 0.29) is 0 Å². The molecule has 0 saturated carbocycles. The van der Waals surface area contributed by atoms with Crippen molar-refractivity contribution in [1.29, 1.82) is 0 Å². The van der Waals surface area contributed by atoms with Crippen LogP contribution in [-0.2, 0) is 6.42 Å². The van der Waals surface area contributed by atoms with E-state index in [9.17, 15) is 0 Å². The maximum atomic E-state index is 5.70. The smallest absolute Gasteiger partial charge is 0.110 e. The third kappa shape index (κ3) is 2.45. The molecule has 3 aromatic rings. The van der Waals surface area contributed by atoms with Gasteiger partial charge in [-0.05, 0) is 36.2 Å². The number of H-pyrrole nitrogens is 1. The zero-order chi connectivity index (χ0) is 13.2. The van der Waals surface area contributed by atoms with Gasteiger partial charge in [-0.1, -0.05) is 31.2 Å². The highest BCUT2D eigenvalue weighted by Crippen LogP contribution is 2.21. The number of aromatic amines is 1. The van der Waals surface area contributed by atoms with E-state index in [1.54, 1.807) is 0 Å².